The number of carbonyl (C=O) groups is 1. The van der Waals surface area contributed by atoms with Gasteiger partial charge in [0.2, 0.25) is 0 Å². The van der Waals surface area contributed by atoms with Gasteiger partial charge in [0.15, 0.2) is 5.76 Å². The molecule has 2 aromatic heterocycles. The van der Waals surface area contributed by atoms with Crippen LogP contribution in [0.1, 0.15) is 16.2 Å². The molecule has 0 aliphatic heterocycles. The summed E-state index contributed by atoms with van der Waals surface area (Å²) in [6, 6.07) is 4.57. The van der Waals surface area contributed by atoms with Crippen molar-refractivity contribution in [2.75, 3.05) is 0 Å². The highest BCUT2D eigenvalue weighted by molar-refractivity contribution is 5.91. The van der Waals surface area contributed by atoms with Gasteiger partial charge in [-0.2, -0.15) is 0 Å². The van der Waals surface area contributed by atoms with Crippen LogP contribution in [-0.2, 0) is 6.67 Å². The van der Waals surface area contributed by atoms with Crippen LogP contribution in [0, 0.1) is 6.92 Å². The first kappa shape index (κ1) is 11.1. The SMILES string of the molecule is Cc1cc(=O)n(CNC(=O)c2ccco2)cn1. The molecule has 0 aromatic carbocycles. The molecule has 2 heterocycles. The van der Waals surface area contributed by atoms with Crippen molar-refractivity contribution in [3.05, 3.63) is 52.6 Å². The molecule has 1 amide bonds. The van der Waals surface area contributed by atoms with Gasteiger partial charge in [-0.3, -0.25) is 14.2 Å². The van der Waals surface area contributed by atoms with Crippen LogP contribution in [0.2, 0.25) is 0 Å². The summed E-state index contributed by atoms with van der Waals surface area (Å²) in [7, 11) is 0. The molecule has 0 bridgehead atoms. The van der Waals surface area contributed by atoms with E-state index in [0.29, 0.717) is 5.69 Å². The first-order valence-corrected chi connectivity index (χ1v) is 5.01. The zero-order valence-electron chi connectivity index (χ0n) is 9.21. The normalized spacial score (nSPS) is 10.2. The third kappa shape index (κ3) is 2.60. The van der Waals surface area contributed by atoms with E-state index in [1.807, 2.05) is 0 Å². The maximum atomic E-state index is 11.5. The predicted octanol–water partition coefficient (Wildman–Crippen LogP) is 0.532. The summed E-state index contributed by atoms with van der Waals surface area (Å²) in [4.78, 5) is 27.0. The minimum atomic E-state index is -0.373. The van der Waals surface area contributed by atoms with E-state index in [2.05, 4.69) is 10.3 Å². The van der Waals surface area contributed by atoms with E-state index in [4.69, 9.17) is 4.42 Å². The first-order valence-electron chi connectivity index (χ1n) is 5.01. The Balaban J connectivity index is 2.03. The average Bonchev–Trinajstić information content (AvgIpc) is 2.81. The minimum absolute atomic E-state index is 0.0612. The van der Waals surface area contributed by atoms with Crippen molar-refractivity contribution in [3.63, 3.8) is 0 Å². The fourth-order valence-electron chi connectivity index (χ4n) is 1.29. The molecule has 1 N–H and O–H groups in total. The van der Waals surface area contributed by atoms with Gasteiger partial charge in [-0.1, -0.05) is 0 Å². The molecule has 0 saturated carbocycles. The number of carbonyl (C=O) groups excluding carboxylic acids is 1. The van der Waals surface area contributed by atoms with Crippen molar-refractivity contribution in [3.8, 4) is 0 Å². The molecule has 88 valence electrons. The second kappa shape index (κ2) is 4.65. The Morgan fingerprint density at radius 2 is 2.41 bits per heavy atom. The third-order valence-electron chi connectivity index (χ3n) is 2.17. The van der Waals surface area contributed by atoms with Gasteiger partial charge in [0, 0.05) is 11.8 Å². The summed E-state index contributed by atoms with van der Waals surface area (Å²) >= 11 is 0. The number of aromatic nitrogens is 2. The first-order chi connectivity index (χ1) is 8.16. The summed E-state index contributed by atoms with van der Waals surface area (Å²) in [5.41, 5.74) is 0.431. The van der Waals surface area contributed by atoms with Gasteiger partial charge in [0.1, 0.15) is 0 Å². The Labute approximate surface area is 96.9 Å². The van der Waals surface area contributed by atoms with Crippen LogP contribution in [0.15, 0.2) is 40.0 Å². The van der Waals surface area contributed by atoms with E-state index in [9.17, 15) is 9.59 Å². The van der Waals surface area contributed by atoms with Gasteiger partial charge in [0.25, 0.3) is 11.5 Å². The molecule has 0 aliphatic carbocycles. The number of nitrogens with one attached hydrogen (secondary N) is 1. The lowest BCUT2D eigenvalue weighted by atomic mass is 10.4. The summed E-state index contributed by atoms with van der Waals surface area (Å²) in [6.45, 7) is 1.79. The van der Waals surface area contributed by atoms with Gasteiger partial charge in [-0.05, 0) is 19.1 Å². The topological polar surface area (TPSA) is 77.1 Å². The van der Waals surface area contributed by atoms with Crippen molar-refractivity contribution in [2.45, 2.75) is 13.6 Å². The highest BCUT2D eigenvalue weighted by Crippen LogP contribution is 1.98. The smallest absolute Gasteiger partial charge is 0.288 e. The summed E-state index contributed by atoms with van der Waals surface area (Å²) in [5.74, 6) is -0.166. The second-order valence-electron chi connectivity index (χ2n) is 3.48. The molecule has 0 spiro atoms. The molecule has 0 fully saturated rings. The van der Waals surface area contributed by atoms with Crippen molar-refractivity contribution < 1.29 is 9.21 Å². The van der Waals surface area contributed by atoms with Gasteiger partial charge in [-0.15, -0.1) is 0 Å². The number of rotatable bonds is 3. The Bertz CT molecular complexity index is 572. The van der Waals surface area contributed by atoms with Gasteiger partial charge < -0.3 is 9.73 Å². The van der Waals surface area contributed by atoms with E-state index in [0.717, 1.165) is 0 Å². The lowest BCUT2D eigenvalue weighted by Crippen LogP contribution is -2.31. The van der Waals surface area contributed by atoms with Crippen molar-refractivity contribution in [2.24, 2.45) is 0 Å². The molecule has 0 saturated heterocycles. The number of hydrogen-bond donors (Lipinski definition) is 1. The summed E-state index contributed by atoms with van der Waals surface area (Å²) in [5, 5.41) is 2.55. The highest BCUT2D eigenvalue weighted by atomic mass is 16.3. The average molecular weight is 233 g/mol. The quantitative estimate of drug-likeness (QED) is 0.839. The monoisotopic (exact) mass is 233 g/mol. The molecule has 0 atom stereocenters. The number of nitrogens with zero attached hydrogens (tertiary/aromatic N) is 2. The number of amides is 1. The van der Waals surface area contributed by atoms with Crippen LogP contribution in [-0.4, -0.2) is 15.5 Å². The summed E-state index contributed by atoms with van der Waals surface area (Å²) in [6.07, 6.45) is 2.80. The Morgan fingerprint density at radius 1 is 1.59 bits per heavy atom. The molecule has 6 heteroatoms. The molecule has 0 aliphatic rings. The number of aryl methyl sites for hydroxylation is 1. The van der Waals surface area contributed by atoms with Crippen LogP contribution in [0.4, 0.5) is 0 Å². The Kier molecular flexibility index (Phi) is 3.04. The minimum Gasteiger partial charge on any atom is -0.459 e. The van der Waals surface area contributed by atoms with Crippen LogP contribution in [0.3, 0.4) is 0 Å². The van der Waals surface area contributed by atoms with Crippen molar-refractivity contribution in [1.82, 2.24) is 14.9 Å². The maximum absolute atomic E-state index is 11.5. The second-order valence-corrected chi connectivity index (χ2v) is 3.48. The molecule has 2 rings (SSSR count). The number of hydrogen-bond acceptors (Lipinski definition) is 4. The largest absolute Gasteiger partial charge is 0.459 e. The van der Waals surface area contributed by atoms with Crippen molar-refractivity contribution in [1.29, 1.82) is 0 Å². The maximum Gasteiger partial charge on any atom is 0.288 e. The fourth-order valence-corrected chi connectivity index (χ4v) is 1.29. The van der Waals surface area contributed by atoms with Crippen LogP contribution < -0.4 is 10.9 Å². The zero-order chi connectivity index (χ0) is 12.3. The van der Waals surface area contributed by atoms with Crippen molar-refractivity contribution >= 4 is 5.91 Å². The van der Waals surface area contributed by atoms with Gasteiger partial charge >= 0.3 is 0 Å². The lowest BCUT2D eigenvalue weighted by Gasteiger charge is -2.05. The van der Waals surface area contributed by atoms with E-state index >= 15 is 0 Å². The highest BCUT2D eigenvalue weighted by Gasteiger charge is 2.07. The molecule has 17 heavy (non-hydrogen) atoms. The van der Waals surface area contributed by atoms with E-state index in [1.165, 1.54) is 23.2 Å². The molecular formula is C11H11N3O3. The third-order valence-corrected chi connectivity index (χ3v) is 2.17. The summed E-state index contributed by atoms with van der Waals surface area (Å²) < 4.78 is 6.22. The Hall–Kier alpha value is -2.37. The zero-order valence-corrected chi connectivity index (χ0v) is 9.21. The van der Waals surface area contributed by atoms with Crippen LogP contribution >= 0.6 is 0 Å². The number of furan rings is 1. The van der Waals surface area contributed by atoms with E-state index in [1.54, 1.807) is 19.1 Å². The van der Waals surface area contributed by atoms with E-state index in [-0.39, 0.29) is 23.9 Å². The van der Waals surface area contributed by atoms with Crippen LogP contribution in [0.5, 0.6) is 0 Å². The molecule has 0 radical (unpaired) electrons. The van der Waals surface area contributed by atoms with Crippen LogP contribution in [0.25, 0.3) is 0 Å². The molecular weight excluding hydrogens is 222 g/mol. The predicted molar refractivity (Wildman–Crippen MR) is 59.4 cm³/mol. The lowest BCUT2D eigenvalue weighted by molar-refractivity contribution is 0.0913. The Morgan fingerprint density at radius 3 is 3.06 bits per heavy atom. The standard InChI is InChI=1S/C11H11N3O3/c1-8-5-10(15)14(6-12-8)7-13-11(16)9-3-2-4-17-9/h2-6H,7H2,1H3,(H,13,16). The van der Waals surface area contributed by atoms with E-state index < -0.39 is 0 Å². The molecule has 2 aromatic rings. The molecule has 0 unspecified atom stereocenters. The van der Waals surface area contributed by atoms with Gasteiger partial charge in [-0.25, -0.2) is 4.98 Å². The fraction of sp³-hybridized carbons (Fsp3) is 0.182. The van der Waals surface area contributed by atoms with Gasteiger partial charge in [0.05, 0.1) is 19.3 Å². The molecule has 6 nitrogen and oxygen atoms in total.